The minimum Gasteiger partial charge on any atom is -0.486 e. The average Bonchev–Trinajstić information content (AvgIpc) is 3.53. The highest BCUT2D eigenvalue weighted by Crippen LogP contribution is 2.24. The Kier molecular flexibility index (Phi) is 6.61. The van der Waals surface area contributed by atoms with Crippen LogP contribution in [0.4, 0.5) is 0 Å². The molecule has 1 N–H and O–H groups in total. The third-order valence-corrected chi connectivity index (χ3v) is 6.85. The van der Waals surface area contributed by atoms with E-state index in [1.165, 1.54) is 10.1 Å². The zero-order valence-electron chi connectivity index (χ0n) is 21.2. The van der Waals surface area contributed by atoms with Gasteiger partial charge in [0.25, 0.3) is 5.91 Å². The molecule has 4 aromatic carbocycles. The van der Waals surface area contributed by atoms with Crippen molar-refractivity contribution < 1.29 is 9.53 Å². The van der Waals surface area contributed by atoms with Gasteiger partial charge in [0.15, 0.2) is 5.82 Å². The Hall–Kier alpha value is -4.82. The summed E-state index contributed by atoms with van der Waals surface area (Å²) in [4.78, 5) is 18.0. The maximum atomic E-state index is 13.2. The van der Waals surface area contributed by atoms with Gasteiger partial charge in [-0.15, -0.1) is 0 Å². The van der Waals surface area contributed by atoms with Gasteiger partial charge < -0.3 is 9.30 Å². The number of fused-ring (bicyclic) bond motifs is 1. The summed E-state index contributed by atoms with van der Waals surface area (Å²) in [5.41, 5.74) is 5.55. The number of nitrogens with zero attached hydrogens (tertiary/aromatic N) is 4. The van der Waals surface area contributed by atoms with Crippen LogP contribution >= 0.6 is 12.2 Å². The van der Waals surface area contributed by atoms with Crippen molar-refractivity contribution in [3.63, 3.8) is 0 Å². The van der Waals surface area contributed by atoms with Gasteiger partial charge in [-0.05, 0) is 73.2 Å². The quantitative estimate of drug-likeness (QED) is 0.235. The van der Waals surface area contributed by atoms with E-state index in [1.807, 2.05) is 79.7 Å². The molecule has 192 valence electrons. The van der Waals surface area contributed by atoms with Crippen LogP contribution in [0.1, 0.15) is 27.3 Å². The number of imidazole rings is 1. The van der Waals surface area contributed by atoms with Crippen LogP contribution in [0.25, 0.3) is 22.4 Å². The Labute approximate surface area is 230 Å². The van der Waals surface area contributed by atoms with Crippen LogP contribution in [0.15, 0.2) is 103 Å². The monoisotopic (exact) mass is 531 g/mol. The SMILES string of the molecule is Cc1ccc(C(=O)n2c(-c3ccc(OCc4nc5ccccc5n4Cc4ccccc4)cc3)n[nH]c2=S)cc1. The molecule has 0 aliphatic rings. The fourth-order valence-electron chi connectivity index (χ4n) is 4.53. The van der Waals surface area contributed by atoms with Gasteiger partial charge in [0.2, 0.25) is 4.77 Å². The largest absolute Gasteiger partial charge is 0.486 e. The lowest BCUT2D eigenvalue weighted by Gasteiger charge is -2.11. The number of hydrogen-bond acceptors (Lipinski definition) is 5. The van der Waals surface area contributed by atoms with Crippen molar-refractivity contribution in [1.29, 1.82) is 0 Å². The summed E-state index contributed by atoms with van der Waals surface area (Å²) >= 11 is 5.37. The number of aryl methyl sites for hydroxylation is 1. The third-order valence-electron chi connectivity index (χ3n) is 6.57. The van der Waals surface area contributed by atoms with E-state index in [0.717, 1.165) is 28.0 Å². The summed E-state index contributed by atoms with van der Waals surface area (Å²) in [5, 5.41) is 7.07. The van der Waals surface area contributed by atoms with E-state index >= 15 is 0 Å². The van der Waals surface area contributed by atoms with Crippen LogP contribution in [0.3, 0.4) is 0 Å². The first-order valence-corrected chi connectivity index (χ1v) is 13.0. The molecule has 2 aromatic heterocycles. The van der Waals surface area contributed by atoms with Crippen LogP contribution in [0, 0.1) is 11.7 Å². The Balaban J connectivity index is 1.23. The van der Waals surface area contributed by atoms with Gasteiger partial charge in [-0.25, -0.2) is 9.55 Å². The minimum atomic E-state index is -0.235. The Morgan fingerprint density at radius 1 is 0.897 bits per heavy atom. The Bertz CT molecular complexity index is 1820. The lowest BCUT2D eigenvalue weighted by Crippen LogP contribution is -2.13. The first-order chi connectivity index (χ1) is 19.1. The first kappa shape index (κ1) is 24.5. The van der Waals surface area contributed by atoms with Gasteiger partial charge in [0, 0.05) is 17.7 Å². The standard InChI is InChI=1S/C31H25N5O2S/c1-21-11-13-24(14-12-21)30(37)36-29(33-34-31(36)39)23-15-17-25(18-16-23)38-20-28-32-26-9-5-6-10-27(26)35(28)19-22-7-3-2-4-8-22/h2-18H,19-20H2,1H3,(H,34,39). The van der Waals surface area contributed by atoms with Gasteiger partial charge in [0.1, 0.15) is 18.2 Å². The molecule has 0 saturated carbocycles. The van der Waals surface area contributed by atoms with E-state index < -0.39 is 0 Å². The van der Waals surface area contributed by atoms with Crippen LogP contribution in [-0.2, 0) is 13.2 Å². The van der Waals surface area contributed by atoms with Crippen molar-refractivity contribution in [3.05, 3.63) is 130 Å². The summed E-state index contributed by atoms with van der Waals surface area (Å²) in [6, 6.07) is 33.2. The van der Waals surface area contributed by atoms with E-state index in [1.54, 1.807) is 12.1 Å². The predicted molar refractivity (Wildman–Crippen MR) is 153 cm³/mol. The fourth-order valence-corrected chi connectivity index (χ4v) is 4.75. The molecular weight excluding hydrogens is 506 g/mol. The summed E-state index contributed by atoms with van der Waals surface area (Å²) in [6.07, 6.45) is 0. The Morgan fingerprint density at radius 2 is 1.62 bits per heavy atom. The molecule has 0 aliphatic carbocycles. The molecule has 0 saturated heterocycles. The predicted octanol–water partition coefficient (Wildman–Crippen LogP) is 6.58. The van der Waals surface area contributed by atoms with E-state index in [0.29, 0.717) is 30.3 Å². The van der Waals surface area contributed by atoms with Crippen molar-refractivity contribution in [2.45, 2.75) is 20.1 Å². The minimum absolute atomic E-state index is 0.235. The highest BCUT2D eigenvalue weighted by molar-refractivity contribution is 7.71. The average molecular weight is 532 g/mol. The highest BCUT2D eigenvalue weighted by atomic mass is 32.1. The van der Waals surface area contributed by atoms with Crippen LogP contribution in [0.5, 0.6) is 5.75 Å². The van der Waals surface area contributed by atoms with Crippen molar-refractivity contribution >= 4 is 29.2 Å². The summed E-state index contributed by atoms with van der Waals surface area (Å²) < 4.78 is 10.00. The maximum absolute atomic E-state index is 13.2. The molecule has 0 unspecified atom stereocenters. The van der Waals surface area contributed by atoms with E-state index in [-0.39, 0.29) is 10.7 Å². The molecule has 0 radical (unpaired) electrons. The van der Waals surface area contributed by atoms with Crippen molar-refractivity contribution in [1.82, 2.24) is 24.3 Å². The topological polar surface area (TPSA) is 77.7 Å². The molecule has 0 fully saturated rings. The maximum Gasteiger partial charge on any atom is 0.265 e. The number of rotatable bonds is 7. The third kappa shape index (κ3) is 5.02. The van der Waals surface area contributed by atoms with Gasteiger partial charge in [-0.2, -0.15) is 5.10 Å². The van der Waals surface area contributed by atoms with Crippen LogP contribution < -0.4 is 4.74 Å². The zero-order valence-corrected chi connectivity index (χ0v) is 22.1. The van der Waals surface area contributed by atoms with Crippen LogP contribution in [0.2, 0.25) is 0 Å². The summed E-state index contributed by atoms with van der Waals surface area (Å²) in [5.74, 6) is 1.74. The molecule has 0 aliphatic heterocycles. The van der Waals surface area contributed by atoms with E-state index in [4.69, 9.17) is 21.9 Å². The molecule has 0 bridgehead atoms. The molecule has 7 nitrogen and oxygen atoms in total. The number of nitrogens with one attached hydrogen (secondary N) is 1. The van der Waals surface area contributed by atoms with Gasteiger partial charge in [0.05, 0.1) is 11.0 Å². The number of benzene rings is 4. The first-order valence-electron chi connectivity index (χ1n) is 12.6. The second kappa shape index (κ2) is 10.5. The number of hydrogen-bond donors (Lipinski definition) is 1. The lowest BCUT2D eigenvalue weighted by molar-refractivity contribution is 0.0960. The molecule has 6 aromatic rings. The molecular formula is C31H25N5O2S. The lowest BCUT2D eigenvalue weighted by atomic mass is 10.1. The fraction of sp³-hybridized carbons (Fsp3) is 0.0968. The number of aromatic amines is 1. The molecule has 0 amide bonds. The second-order valence-electron chi connectivity index (χ2n) is 9.26. The normalized spacial score (nSPS) is 11.1. The Morgan fingerprint density at radius 3 is 2.38 bits per heavy atom. The smallest absolute Gasteiger partial charge is 0.265 e. The number of carbonyl (C=O) groups excluding carboxylic acids is 1. The van der Waals surface area contributed by atoms with Gasteiger partial charge in [-0.1, -0.05) is 60.2 Å². The summed E-state index contributed by atoms with van der Waals surface area (Å²) in [6.45, 7) is 2.99. The number of H-pyrrole nitrogens is 1. The molecule has 2 heterocycles. The number of para-hydroxylation sites is 2. The second-order valence-corrected chi connectivity index (χ2v) is 9.65. The number of aromatic nitrogens is 5. The van der Waals surface area contributed by atoms with Crippen molar-refractivity contribution in [2.75, 3.05) is 0 Å². The molecule has 8 heteroatoms. The molecule has 0 atom stereocenters. The number of ether oxygens (including phenoxy) is 1. The van der Waals surface area contributed by atoms with Crippen molar-refractivity contribution in [3.8, 4) is 17.1 Å². The molecule has 39 heavy (non-hydrogen) atoms. The van der Waals surface area contributed by atoms with Gasteiger partial charge >= 0.3 is 0 Å². The number of carbonyl (C=O) groups is 1. The zero-order chi connectivity index (χ0) is 26.8. The van der Waals surface area contributed by atoms with Gasteiger partial charge in [-0.3, -0.25) is 9.89 Å². The van der Waals surface area contributed by atoms with Crippen molar-refractivity contribution in [2.24, 2.45) is 0 Å². The van der Waals surface area contributed by atoms with E-state index in [2.05, 4.69) is 33.0 Å². The van der Waals surface area contributed by atoms with E-state index in [9.17, 15) is 4.79 Å². The van der Waals surface area contributed by atoms with Crippen LogP contribution in [-0.4, -0.2) is 30.2 Å². The summed E-state index contributed by atoms with van der Waals surface area (Å²) in [7, 11) is 0. The molecule has 6 rings (SSSR count). The molecule has 0 spiro atoms. The highest BCUT2D eigenvalue weighted by Gasteiger charge is 2.18.